The normalized spacial score (nSPS) is 12.7. The number of nitrogens with one attached hydrogen (secondary N) is 3. The van der Waals surface area contributed by atoms with Crippen LogP contribution in [0.3, 0.4) is 0 Å². The average molecular weight is 947 g/mol. The summed E-state index contributed by atoms with van der Waals surface area (Å²) in [4.78, 5) is 70.3. The molecule has 3 N–H and O–H groups in total. The van der Waals surface area contributed by atoms with Crippen LogP contribution in [0.2, 0.25) is 0 Å². The molecule has 4 aromatic rings. The Bertz CT molecular complexity index is 2210. The van der Waals surface area contributed by atoms with E-state index >= 15 is 0 Å². The molecule has 2 saturated carbocycles. The van der Waals surface area contributed by atoms with Crippen LogP contribution in [0.4, 0.5) is 25.8 Å². The highest BCUT2D eigenvalue weighted by molar-refractivity contribution is 5.84. The molecule has 2 fully saturated rings. The third kappa shape index (κ3) is 33.4. The molecular formula is C54H70N6O9. The number of fused-ring (bicyclic) bond motifs is 3. The van der Waals surface area contributed by atoms with Crippen molar-refractivity contribution in [2.75, 3.05) is 52.3 Å². The first-order chi connectivity index (χ1) is 33.1. The Morgan fingerprint density at radius 2 is 1.04 bits per heavy atom. The van der Waals surface area contributed by atoms with Crippen molar-refractivity contribution >= 4 is 58.7 Å². The van der Waals surface area contributed by atoms with Crippen LogP contribution < -0.4 is 16.0 Å². The molecule has 3 amide bonds. The minimum absolute atomic E-state index is 0.202. The van der Waals surface area contributed by atoms with Crippen LogP contribution in [-0.4, -0.2) is 83.5 Å². The molecule has 0 saturated heterocycles. The van der Waals surface area contributed by atoms with E-state index in [1.54, 1.807) is 71.9 Å². The number of hydrogen-bond acceptors (Lipinski definition) is 12. The van der Waals surface area contributed by atoms with Crippen molar-refractivity contribution in [3.8, 4) is 0 Å². The lowest BCUT2D eigenvalue weighted by molar-refractivity contribution is 0.156. The lowest BCUT2D eigenvalue weighted by atomic mass is 10.0. The smallest absolute Gasteiger partial charge is 0.411 e. The van der Waals surface area contributed by atoms with Crippen LogP contribution in [0.15, 0.2) is 148 Å². The number of carbonyl (C=O) groups excluding carboxylic acids is 6. The summed E-state index contributed by atoms with van der Waals surface area (Å²) in [5.74, 6) is 2.34. The van der Waals surface area contributed by atoms with Gasteiger partial charge >= 0.3 is 18.3 Å². The second-order valence-corrected chi connectivity index (χ2v) is 15.6. The van der Waals surface area contributed by atoms with Crippen LogP contribution in [0.5, 0.6) is 0 Å². The first kappa shape index (κ1) is 61.3. The average Bonchev–Trinajstić information content (AvgIpc) is 4.02. The van der Waals surface area contributed by atoms with Crippen molar-refractivity contribution in [2.24, 2.45) is 26.8 Å². The predicted octanol–water partition coefficient (Wildman–Crippen LogP) is 11.9. The van der Waals surface area contributed by atoms with Crippen molar-refractivity contribution in [2.45, 2.75) is 73.1 Å². The minimum Gasteiger partial charge on any atom is -0.445 e. The largest absolute Gasteiger partial charge is 0.445 e. The van der Waals surface area contributed by atoms with Crippen LogP contribution in [0.1, 0.15) is 77.8 Å². The molecule has 6 rings (SSSR count). The predicted molar refractivity (Wildman–Crippen MR) is 275 cm³/mol. The highest BCUT2D eigenvalue weighted by atomic mass is 16.6. The Balaban J connectivity index is 0.000000861. The number of carbonyl (C=O) groups is 3. The third-order valence-electron chi connectivity index (χ3n) is 9.20. The van der Waals surface area contributed by atoms with Gasteiger partial charge in [-0.25, -0.2) is 38.8 Å². The first-order valence-corrected chi connectivity index (χ1v) is 22.5. The van der Waals surface area contributed by atoms with E-state index in [-0.39, 0.29) is 12.7 Å². The maximum absolute atomic E-state index is 11.6. The molecule has 0 aromatic heterocycles. The van der Waals surface area contributed by atoms with Gasteiger partial charge in [-0.05, 0) is 122 Å². The third-order valence-corrected chi connectivity index (χ3v) is 9.20. The van der Waals surface area contributed by atoms with E-state index < -0.39 is 12.2 Å². The van der Waals surface area contributed by atoms with Gasteiger partial charge < -0.3 is 24.8 Å². The van der Waals surface area contributed by atoms with Gasteiger partial charge in [-0.1, -0.05) is 118 Å². The summed E-state index contributed by atoms with van der Waals surface area (Å²) in [6.07, 6.45) is 11.5. The molecule has 2 aliphatic rings. The van der Waals surface area contributed by atoms with Gasteiger partial charge in [0.1, 0.15) is 19.8 Å². The fourth-order valence-electron chi connectivity index (χ4n) is 6.04. The first-order valence-electron chi connectivity index (χ1n) is 22.5. The SMILES string of the molecule is C1CC2CCC1C2.C=C(C)COC(=O)NC.C=C(C)COC(=O)NCC.C=C(C)COC(=O)Nc1ccc(Cc2ccc(N=C=O)cc2)cc1.CCN=C=O.CN=C=O.c1ccc2ccccc2c1. The highest BCUT2D eigenvalue weighted by Crippen LogP contribution is 2.43. The zero-order valence-electron chi connectivity index (χ0n) is 41.3. The number of ether oxygens (including phenoxy) is 3. The molecule has 69 heavy (non-hydrogen) atoms. The minimum atomic E-state index is -0.503. The quantitative estimate of drug-likeness (QED) is 0.0534. The van der Waals surface area contributed by atoms with Crippen LogP contribution in [0, 0.1) is 11.8 Å². The molecule has 0 unspecified atom stereocenters. The summed E-state index contributed by atoms with van der Waals surface area (Å²) in [5, 5.41) is 10.1. The van der Waals surface area contributed by atoms with E-state index in [1.807, 2.05) is 43.3 Å². The number of anilines is 1. The fraction of sp³-hybridized carbons (Fsp3) is 0.370. The van der Waals surface area contributed by atoms with E-state index in [0.29, 0.717) is 37.7 Å². The summed E-state index contributed by atoms with van der Waals surface area (Å²) in [7, 11) is 2.90. The number of amides is 3. The Kier molecular flexibility index (Phi) is 35.1. The standard InChI is InChI=1S/C19H18N2O3.C10H8.C7H13NO2.C7H12.C6H11NO2.C3H5NO.C2H3NO/c1-14(2)12-24-19(23)21-18-9-5-16(6-10-18)11-15-3-7-17(8-4-15)20-13-22;1-2-6-10-8-4-3-7-9(10)5-1;1-4-8-7(9)10-5-6(2)3;1-2-7-4-3-6(1)5-7;1-5(2)4-9-6(8)7-3;1-2-4-3-5;1-3-2-4/h3-10H,1,11-12H2,2H3,(H,21,23);1-8H;2,4-5H2,1,3H3,(H,8,9);6-7H,1-5H2;1,4H2,2-3H3,(H,7,8);2H2,1H3;1H3. The summed E-state index contributed by atoms with van der Waals surface area (Å²) in [6, 6.07) is 31.6. The lowest BCUT2D eigenvalue weighted by Crippen LogP contribution is -2.24. The number of isocyanates is 3. The van der Waals surface area contributed by atoms with Crippen molar-refractivity contribution in [1.29, 1.82) is 0 Å². The van der Waals surface area contributed by atoms with Crippen LogP contribution >= 0.6 is 0 Å². The summed E-state index contributed by atoms with van der Waals surface area (Å²) in [6.45, 7) is 21.7. The topological polar surface area (TPSA) is 203 Å². The molecule has 0 atom stereocenters. The molecule has 2 aliphatic carbocycles. The molecule has 15 nitrogen and oxygen atoms in total. The van der Waals surface area contributed by atoms with Gasteiger partial charge in [-0.3, -0.25) is 5.32 Å². The van der Waals surface area contributed by atoms with Crippen LogP contribution in [-0.2, 0) is 35.0 Å². The summed E-state index contributed by atoms with van der Waals surface area (Å²) in [5.41, 5.74) is 5.90. The zero-order valence-corrected chi connectivity index (χ0v) is 41.3. The van der Waals surface area contributed by atoms with E-state index in [2.05, 4.69) is 104 Å². The van der Waals surface area contributed by atoms with E-state index in [4.69, 9.17) is 19.1 Å². The number of rotatable bonds is 12. The maximum Gasteiger partial charge on any atom is 0.411 e. The van der Waals surface area contributed by atoms with Gasteiger partial charge in [0.2, 0.25) is 18.2 Å². The second-order valence-electron chi connectivity index (χ2n) is 15.6. The van der Waals surface area contributed by atoms with E-state index in [9.17, 15) is 19.2 Å². The van der Waals surface area contributed by atoms with Crippen molar-refractivity contribution in [1.82, 2.24) is 10.6 Å². The maximum atomic E-state index is 11.6. The van der Waals surface area contributed by atoms with Gasteiger partial charge in [0.15, 0.2) is 0 Å². The second kappa shape index (κ2) is 39.5. The monoisotopic (exact) mass is 947 g/mol. The number of aliphatic imine (C=N–C) groups is 3. The molecule has 15 heteroatoms. The highest BCUT2D eigenvalue weighted by Gasteiger charge is 2.30. The van der Waals surface area contributed by atoms with Gasteiger partial charge in [0.05, 0.1) is 5.69 Å². The van der Waals surface area contributed by atoms with E-state index in [1.165, 1.54) is 54.9 Å². The van der Waals surface area contributed by atoms with Gasteiger partial charge in [0, 0.05) is 32.9 Å². The Morgan fingerprint density at radius 1 is 0.623 bits per heavy atom. The molecular weight excluding hydrogens is 877 g/mol. The van der Waals surface area contributed by atoms with Crippen molar-refractivity contribution in [3.63, 3.8) is 0 Å². The molecule has 370 valence electrons. The Labute approximate surface area is 408 Å². The van der Waals surface area contributed by atoms with Gasteiger partial charge in [-0.2, -0.15) is 4.99 Å². The molecule has 4 aromatic carbocycles. The molecule has 0 radical (unpaired) electrons. The van der Waals surface area contributed by atoms with Gasteiger partial charge in [0.25, 0.3) is 0 Å². The number of hydrogen-bond donors (Lipinski definition) is 3. The fourth-order valence-corrected chi connectivity index (χ4v) is 6.04. The van der Waals surface area contributed by atoms with Gasteiger partial charge in [-0.15, -0.1) is 0 Å². The number of nitrogens with zero attached hydrogens (tertiary/aromatic N) is 3. The summed E-state index contributed by atoms with van der Waals surface area (Å²) >= 11 is 0. The van der Waals surface area contributed by atoms with E-state index in [0.717, 1.165) is 34.3 Å². The Morgan fingerprint density at radius 3 is 1.36 bits per heavy atom. The lowest BCUT2D eigenvalue weighted by Gasteiger charge is -2.08. The number of alkyl carbamates (subject to hydrolysis) is 2. The summed E-state index contributed by atoms with van der Waals surface area (Å²) < 4.78 is 14.3. The zero-order chi connectivity index (χ0) is 51.7. The van der Waals surface area contributed by atoms with Crippen molar-refractivity contribution < 1.29 is 43.0 Å². The Hall–Kier alpha value is -7.69. The molecule has 0 spiro atoms. The molecule has 0 heterocycles. The molecule has 2 bridgehead atoms. The van der Waals surface area contributed by atoms with Crippen molar-refractivity contribution in [3.05, 3.63) is 145 Å². The molecule has 0 aliphatic heterocycles. The number of benzene rings is 4. The van der Waals surface area contributed by atoms with Crippen LogP contribution in [0.25, 0.3) is 10.8 Å².